The predicted molar refractivity (Wildman–Crippen MR) is 77.8 cm³/mol. The summed E-state index contributed by atoms with van der Waals surface area (Å²) >= 11 is 0. The minimum atomic E-state index is -2.94. The highest BCUT2D eigenvalue weighted by molar-refractivity contribution is 7.91. The van der Waals surface area contributed by atoms with Crippen molar-refractivity contribution in [3.05, 3.63) is 35.1 Å². The molecule has 0 amide bonds. The molecule has 2 rings (SSSR count). The molecule has 1 saturated heterocycles. The molecule has 1 fully saturated rings. The van der Waals surface area contributed by atoms with Gasteiger partial charge in [-0.05, 0) is 37.6 Å². The van der Waals surface area contributed by atoms with Crippen LogP contribution in [0.4, 0.5) is 4.39 Å². The molecule has 1 aliphatic heterocycles. The molecule has 4 nitrogen and oxygen atoms in total. The van der Waals surface area contributed by atoms with Crippen LogP contribution in [0, 0.1) is 12.7 Å². The lowest BCUT2D eigenvalue weighted by Crippen LogP contribution is -2.39. The molecule has 112 valence electrons. The molecule has 0 aliphatic carbocycles. The van der Waals surface area contributed by atoms with E-state index in [1.54, 1.807) is 13.0 Å². The second-order valence-electron chi connectivity index (χ2n) is 5.48. The Bertz CT molecular complexity index is 589. The van der Waals surface area contributed by atoms with E-state index in [0.29, 0.717) is 18.5 Å². The minimum absolute atomic E-state index is 0.0436. The number of likely N-dealkylation sites (N-methyl/N-ethyl adjacent to an activating group) is 1. The van der Waals surface area contributed by atoms with Crippen molar-refractivity contribution >= 4 is 9.84 Å². The van der Waals surface area contributed by atoms with E-state index < -0.39 is 9.84 Å². The molecule has 1 aromatic rings. The fourth-order valence-electron chi connectivity index (χ4n) is 2.70. The van der Waals surface area contributed by atoms with Crippen LogP contribution in [0.1, 0.15) is 23.6 Å². The topological polar surface area (TPSA) is 63.4 Å². The smallest absolute Gasteiger partial charge is 0.151 e. The summed E-state index contributed by atoms with van der Waals surface area (Å²) in [6, 6.07) is 4.87. The number of aryl methyl sites for hydroxylation is 1. The Labute approximate surface area is 119 Å². The standard InChI is InChI=1S/C14H21FN2O2S/c1-10-3-4-11(7-13(10)15)14(8-16)17(2)12-5-6-20(18,19)9-12/h3-4,7,12,14H,5-6,8-9,16H2,1-2H3. The molecule has 2 N–H and O–H groups in total. The van der Waals surface area contributed by atoms with Gasteiger partial charge in [0.25, 0.3) is 0 Å². The fourth-order valence-corrected chi connectivity index (χ4v) is 4.49. The van der Waals surface area contributed by atoms with E-state index in [-0.39, 0.29) is 29.4 Å². The first-order chi connectivity index (χ1) is 9.34. The number of hydrogen-bond acceptors (Lipinski definition) is 4. The average molecular weight is 300 g/mol. The minimum Gasteiger partial charge on any atom is -0.329 e. The van der Waals surface area contributed by atoms with Crippen molar-refractivity contribution in [2.45, 2.75) is 25.4 Å². The molecule has 1 aromatic carbocycles. The van der Waals surface area contributed by atoms with Gasteiger partial charge in [-0.1, -0.05) is 12.1 Å². The van der Waals surface area contributed by atoms with Crippen LogP contribution < -0.4 is 5.73 Å². The Morgan fingerprint density at radius 1 is 1.50 bits per heavy atom. The molecule has 0 spiro atoms. The summed E-state index contributed by atoms with van der Waals surface area (Å²) in [4.78, 5) is 1.97. The first-order valence-electron chi connectivity index (χ1n) is 6.72. The van der Waals surface area contributed by atoms with Crippen molar-refractivity contribution in [3.63, 3.8) is 0 Å². The van der Waals surface area contributed by atoms with Gasteiger partial charge < -0.3 is 5.73 Å². The Kier molecular flexibility index (Phi) is 4.46. The Morgan fingerprint density at radius 2 is 2.20 bits per heavy atom. The molecule has 20 heavy (non-hydrogen) atoms. The first-order valence-corrected chi connectivity index (χ1v) is 8.54. The number of benzene rings is 1. The first kappa shape index (κ1) is 15.4. The number of rotatable bonds is 4. The van der Waals surface area contributed by atoms with Crippen molar-refractivity contribution in [2.24, 2.45) is 5.73 Å². The number of nitrogens with two attached hydrogens (primary N) is 1. The highest BCUT2D eigenvalue weighted by Crippen LogP contribution is 2.26. The number of sulfone groups is 1. The highest BCUT2D eigenvalue weighted by Gasteiger charge is 2.33. The van der Waals surface area contributed by atoms with Gasteiger partial charge in [0.2, 0.25) is 0 Å². The third kappa shape index (κ3) is 3.19. The van der Waals surface area contributed by atoms with Crippen LogP contribution in [0.2, 0.25) is 0 Å². The second kappa shape index (κ2) is 5.79. The van der Waals surface area contributed by atoms with Gasteiger partial charge in [0.05, 0.1) is 11.5 Å². The average Bonchev–Trinajstić information content (AvgIpc) is 2.75. The van der Waals surface area contributed by atoms with Gasteiger partial charge in [-0.25, -0.2) is 12.8 Å². The number of hydrogen-bond donors (Lipinski definition) is 1. The van der Waals surface area contributed by atoms with E-state index in [1.165, 1.54) is 6.07 Å². The summed E-state index contributed by atoms with van der Waals surface area (Å²) in [5, 5.41) is 0. The monoisotopic (exact) mass is 300 g/mol. The van der Waals surface area contributed by atoms with Crippen LogP contribution in [0.3, 0.4) is 0 Å². The van der Waals surface area contributed by atoms with Crippen LogP contribution >= 0.6 is 0 Å². The molecule has 0 bridgehead atoms. The lowest BCUT2D eigenvalue weighted by molar-refractivity contribution is 0.192. The van der Waals surface area contributed by atoms with E-state index in [0.717, 1.165) is 5.56 Å². The third-order valence-electron chi connectivity index (χ3n) is 4.08. The van der Waals surface area contributed by atoms with Gasteiger partial charge in [0, 0.05) is 18.6 Å². The van der Waals surface area contributed by atoms with Crippen LogP contribution in [0.15, 0.2) is 18.2 Å². The summed E-state index contributed by atoms with van der Waals surface area (Å²) in [5.74, 6) is 0.129. The Morgan fingerprint density at radius 3 is 2.70 bits per heavy atom. The molecular formula is C14H21FN2O2S. The van der Waals surface area contributed by atoms with Crippen molar-refractivity contribution in [2.75, 3.05) is 25.1 Å². The molecule has 0 aromatic heterocycles. The van der Waals surface area contributed by atoms with E-state index in [2.05, 4.69) is 0 Å². The largest absolute Gasteiger partial charge is 0.329 e. The summed E-state index contributed by atoms with van der Waals surface area (Å²) in [7, 11) is -1.07. The van der Waals surface area contributed by atoms with Gasteiger partial charge in [0.1, 0.15) is 5.82 Å². The maximum Gasteiger partial charge on any atom is 0.151 e. The van der Waals surface area contributed by atoms with E-state index in [4.69, 9.17) is 5.73 Å². The molecule has 1 heterocycles. The lowest BCUT2D eigenvalue weighted by atomic mass is 10.0. The van der Waals surface area contributed by atoms with Crippen LogP contribution in [0.5, 0.6) is 0 Å². The normalized spacial score (nSPS) is 23.1. The van der Waals surface area contributed by atoms with E-state index in [1.807, 2.05) is 18.0 Å². The quantitative estimate of drug-likeness (QED) is 0.909. The third-order valence-corrected chi connectivity index (χ3v) is 5.83. The predicted octanol–water partition coefficient (Wildman–Crippen LogP) is 1.25. The molecule has 2 unspecified atom stereocenters. The molecule has 2 atom stereocenters. The lowest BCUT2D eigenvalue weighted by Gasteiger charge is -2.32. The fraction of sp³-hybridized carbons (Fsp3) is 0.571. The van der Waals surface area contributed by atoms with Gasteiger partial charge >= 0.3 is 0 Å². The number of nitrogens with zero attached hydrogens (tertiary/aromatic N) is 1. The zero-order valence-corrected chi connectivity index (χ0v) is 12.7. The summed E-state index contributed by atoms with van der Waals surface area (Å²) in [6.07, 6.45) is 0.615. The number of halogens is 1. The van der Waals surface area contributed by atoms with Gasteiger partial charge in [0.15, 0.2) is 9.84 Å². The molecular weight excluding hydrogens is 279 g/mol. The summed E-state index contributed by atoms with van der Waals surface area (Å²) < 4.78 is 36.8. The maximum atomic E-state index is 13.7. The van der Waals surface area contributed by atoms with Crippen molar-refractivity contribution in [3.8, 4) is 0 Å². The second-order valence-corrected chi connectivity index (χ2v) is 7.71. The zero-order chi connectivity index (χ0) is 14.9. The SMILES string of the molecule is Cc1ccc(C(CN)N(C)C2CCS(=O)(=O)C2)cc1F. The van der Waals surface area contributed by atoms with Gasteiger partial charge in [-0.3, -0.25) is 4.90 Å². The van der Waals surface area contributed by atoms with Crippen molar-refractivity contribution in [1.29, 1.82) is 0 Å². The molecule has 6 heteroatoms. The van der Waals surface area contributed by atoms with E-state index >= 15 is 0 Å². The Balaban J connectivity index is 2.21. The molecule has 1 aliphatic rings. The van der Waals surface area contributed by atoms with Gasteiger partial charge in [-0.15, -0.1) is 0 Å². The molecule has 0 radical (unpaired) electrons. The van der Waals surface area contributed by atoms with Crippen molar-refractivity contribution in [1.82, 2.24) is 4.90 Å². The maximum absolute atomic E-state index is 13.7. The summed E-state index contributed by atoms with van der Waals surface area (Å²) in [5.41, 5.74) is 7.20. The Hall–Kier alpha value is -0.980. The summed E-state index contributed by atoms with van der Waals surface area (Å²) in [6.45, 7) is 2.04. The van der Waals surface area contributed by atoms with Gasteiger partial charge in [-0.2, -0.15) is 0 Å². The molecule has 0 saturated carbocycles. The highest BCUT2D eigenvalue weighted by atomic mass is 32.2. The zero-order valence-electron chi connectivity index (χ0n) is 11.8. The van der Waals surface area contributed by atoms with Crippen LogP contribution in [0.25, 0.3) is 0 Å². The van der Waals surface area contributed by atoms with Crippen LogP contribution in [-0.4, -0.2) is 44.5 Å². The van der Waals surface area contributed by atoms with Crippen LogP contribution in [-0.2, 0) is 9.84 Å². The van der Waals surface area contributed by atoms with Crippen molar-refractivity contribution < 1.29 is 12.8 Å². The van der Waals surface area contributed by atoms with E-state index in [9.17, 15) is 12.8 Å².